The number of rotatable bonds is 0. The minimum atomic E-state index is -0.443. The van der Waals surface area contributed by atoms with Crippen LogP contribution in [-0.4, -0.2) is 15.8 Å². The Morgan fingerprint density at radius 3 is 2.10 bits per heavy atom. The van der Waals surface area contributed by atoms with Gasteiger partial charge >= 0.3 is 0 Å². The molecule has 1 saturated carbocycles. The Hall–Kier alpha value is -0.240. The summed E-state index contributed by atoms with van der Waals surface area (Å²) in [5.41, 5.74) is 0.759. The second kappa shape index (κ2) is 1.88. The summed E-state index contributed by atoms with van der Waals surface area (Å²) in [5.74, 6) is 0. The maximum Gasteiger partial charge on any atom is 0.0886 e. The van der Waals surface area contributed by atoms with Gasteiger partial charge in [0.15, 0.2) is 0 Å². The molecule has 1 fully saturated rings. The first-order valence-corrected chi connectivity index (χ1v) is 3.70. The molecular formula is C7H12ClNO. The van der Waals surface area contributed by atoms with Gasteiger partial charge in [-0.15, -0.1) is 11.6 Å². The van der Waals surface area contributed by atoms with Gasteiger partial charge in [0.05, 0.1) is 10.6 Å². The van der Waals surface area contributed by atoms with Crippen molar-refractivity contribution in [2.24, 2.45) is 10.6 Å². The van der Waals surface area contributed by atoms with Crippen molar-refractivity contribution in [2.45, 2.75) is 32.1 Å². The number of oxime groups is 1. The first-order valence-electron chi connectivity index (χ1n) is 3.32. The summed E-state index contributed by atoms with van der Waals surface area (Å²) >= 11 is 6.07. The number of nitrogens with zero attached hydrogens (tertiary/aromatic N) is 1. The first kappa shape index (κ1) is 7.86. The molecule has 0 aromatic carbocycles. The Morgan fingerprint density at radius 1 is 1.50 bits per heavy atom. The van der Waals surface area contributed by atoms with Crippen LogP contribution in [0.5, 0.6) is 0 Å². The zero-order valence-corrected chi connectivity index (χ0v) is 7.24. The highest BCUT2D eigenvalue weighted by molar-refractivity contribution is 6.39. The zero-order valence-electron chi connectivity index (χ0n) is 6.48. The summed E-state index contributed by atoms with van der Waals surface area (Å²) in [7, 11) is 0. The van der Waals surface area contributed by atoms with Gasteiger partial charge in [0, 0.05) is 0 Å². The van der Waals surface area contributed by atoms with E-state index >= 15 is 0 Å². The van der Waals surface area contributed by atoms with E-state index < -0.39 is 4.87 Å². The third-order valence-corrected chi connectivity index (χ3v) is 3.27. The molecule has 0 aromatic heterocycles. The Bertz CT molecular complexity index is 184. The van der Waals surface area contributed by atoms with Crippen LogP contribution in [0, 0.1) is 5.41 Å². The predicted octanol–water partition coefficient (Wildman–Crippen LogP) is 2.24. The molecule has 0 aromatic rings. The molecule has 0 heterocycles. The van der Waals surface area contributed by atoms with Gasteiger partial charge in [-0.3, -0.25) is 0 Å². The van der Waals surface area contributed by atoms with Crippen molar-refractivity contribution in [3.05, 3.63) is 0 Å². The predicted molar refractivity (Wildman–Crippen MR) is 41.9 cm³/mol. The molecule has 1 rings (SSSR count). The van der Waals surface area contributed by atoms with E-state index in [9.17, 15) is 0 Å². The maximum absolute atomic E-state index is 8.46. The number of halogens is 1. The van der Waals surface area contributed by atoms with E-state index in [4.69, 9.17) is 16.8 Å². The molecule has 0 aliphatic heterocycles. The summed E-state index contributed by atoms with van der Waals surface area (Å²) in [6.45, 7) is 6.01. The van der Waals surface area contributed by atoms with Crippen molar-refractivity contribution in [1.29, 1.82) is 0 Å². The molecule has 0 saturated heterocycles. The molecular weight excluding hydrogens is 150 g/mol. The summed E-state index contributed by atoms with van der Waals surface area (Å²) < 4.78 is 0. The van der Waals surface area contributed by atoms with E-state index in [2.05, 4.69) is 19.0 Å². The van der Waals surface area contributed by atoms with Crippen molar-refractivity contribution in [2.75, 3.05) is 0 Å². The van der Waals surface area contributed by atoms with Crippen molar-refractivity contribution in [1.82, 2.24) is 0 Å². The lowest BCUT2D eigenvalue weighted by Gasteiger charge is -2.49. The van der Waals surface area contributed by atoms with Crippen LogP contribution in [0.2, 0.25) is 0 Å². The highest BCUT2D eigenvalue weighted by atomic mass is 35.5. The lowest BCUT2D eigenvalue weighted by atomic mass is 9.61. The molecule has 1 atom stereocenters. The summed E-state index contributed by atoms with van der Waals surface area (Å²) in [5, 5.41) is 11.6. The zero-order chi connectivity index (χ0) is 7.99. The van der Waals surface area contributed by atoms with Gasteiger partial charge in [-0.1, -0.05) is 19.0 Å². The van der Waals surface area contributed by atoms with E-state index in [0.29, 0.717) is 5.71 Å². The van der Waals surface area contributed by atoms with Gasteiger partial charge in [-0.05, 0) is 18.8 Å². The lowest BCUT2D eigenvalue weighted by Crippen LogP contribution is -2.56. The molecule has 3 heteroatoms. The van der Waals surface area contributed by atoms with Crippen molar-refractivity contribution in [3.8, 4) is 0 Å². The van der Waals surface area contributed by atoms with Crippen LogP contribution in [0.15, 0.2) is 5.16 Å². The monoisotopic (exact) mass is 161 g/mol. The van der Waals surface area contributed by atoms with Crippen LogP contribution >= 0.6 is 11.6 Å². The van der Waals surface area contributed by atoms with Crippen molar-refractivity contribution in [3.63, 3.8) is 0 Å². The van der Waals surface area contributed by atoms with Gasteiger partial charge in [0.25, 0.3) is 0 Å². The van der Waals surface area contributed by atoms with Gasteiger partial charge in [-0.25, -0.2) is 0 Å². The molecule has 0 spiro atoms. The smallest absolute Gasteiger partial charge is 0.0886 e. The minimum Gasteiger partial charge on any atom is -0.411 e. The van der Waals surface area contributed by atoms with Crippen LogP contribution < -0.4 is 0 Å². The first-order chi connectivity index (χ1) is 4.42. The normalized spacial score (nSPS) is 41.4. The number of alkyl halides is 1. The minimum absolute atomic E-state index is 0.0656. The largest absolute Gasteiger partial charge is 0.411 e. The molecule has 0 radical (unpaired) electrons. The molecule has 2 nitrogen and oxygen atoms in total. The van der Waals surface area contributed by atoms with E-state index in [-0.39, 0.29) is 5.41 Å². The average Bonchev–Trinajstić information content (AvgIpc) is 1.83. The van der Waals surface area contributed by atoms with E-state index in [1.54, 1.807) is 0 Å². The second-order valence-corrected chi connectivity index (χ2v) is 4.37. The van der Waals surface area contributed by atoms with Gasteiger partial charge in [0.1, 0.15) is 0 Å². The fourth-order valence-corrected chi connectivity index (χ4v) is 1.34. The van der Waals surface area contributed by atoms with Gasteiger partial charge < -0.3 is 5.21 Å². The average molecular weight is 162 g/mol. The van der Waals surface area contributed by atoms with E-state index in [1.165, 1.54) is 0 Å². The second-order valence-electron chi connectivity index (χ2n) is 3.61. The fraction of sp³-hybridized carbons (Fsp3) is 0.857. The summed E-state index contributed by atoms with van der Waals surface area (Å²) in [4.78, 5) is -0.443. The molecule has 58 valence electrons. The Labute approximate surface area is 65.9 Å². The molecule has 10 heavy (non-hydrogen) atoms. The van der Waals surface area contributed by atoms with Crippen LogP contribution in [-0.2, 0) is 0 Å². The maximum atomic E-state index is 8.46. The van der Waals surface area contributed by atoms with Gasteiger partial charge in [0.2, 0.25) is 0 Å². The quantitative estimate of drug-likeness (QED) is 0.330. The molecule has 1 unspecified atom stereocenters. The van der Waals surface area contributed by atoms with E-state index in [1.807, 2.05) is 6.92 Å². The van der Waals surface area contributed by atoms with Crippen molar-refractivity contribution >= 4 is 17.3 Å². The molecule has 0 amide bonds. The Balaban J connectivity index is 2.85. The van der Waals surface area contributed by atoms with Crippen LogP contribution in [0.25, 0.3) is 0 Å². The number of hydrogen-bond acceptors (Lipinski definition) is 2. The topological polar surface area (TPSA) is 32.6 Å². The number of hydrogen-bond donors (Lipinski definition) is 1. The van der Waals surface area contributed by atoms with Crippen molar-refractivity contribution < 1.29 is 5.21 Å². The fourth-order valence-electron chi connectivity index (χ4n) is 1.16. The third kappa shape index (κ3) is 0.749. The molecule has 1 aliphatic carbocycles. The summed E-state index contributed by atoms with van der Waals surface area (Å²) in [6, 6.07) is 0. The molecule has 1 N–H and O–H groups in total. The lowest BCUT2D eigenvalue weighted by molar-refractivity contribution is 0.237. The standard InChI is InChI=1S/C7H12ClNO/c1-6(2)4-5(9-10)7(6,3)8/h10H,4H2,1-3H3. The van der Waals surface area contributed by atoms with Crippen LogP contribution in [0.1, 0.15) is 27.2 Å². The molecule has 0 bridgehead atoms. The highest BCUT2D eigenvalue weighted by Crippen LogP contribution is 2.51. The Kier molecular flexibility index (Phi) is 1.48. The summed E-state index contributed by atoms with van der Waals surface area (Å²) in [6.07, 6.45) is 0.795. The Morgan fingerprint density at radius 2 is 2.00 bits per heavy atom. The molecule has 1 aliphatic rings. The highest BCUT2D eigenvalue weighted by Gasteiger charge is 2.54. The van der Waals surface area contributed by atoms with Crippen LogP contribution in [0.4, 0.5) is 0 Å². The third-order valence-electron chi connectivity index (χ3n) is 2.54. The SMILES string of the molecule is CC1(C)CC(=NO)C1(C)Cl. The van der Waals surface area contributed by atoms with Gasteiger partial charge in [-0.2, -0.15) is 0 Å². The van der Waals surface area contributed by atoms with E-state index in [0.717, 1.165) is 6.42 Å². The van der Waals surface area contributed by atoms with Crippen LogP contribution in [0.3, 0.4) is 0 Å².